The number of ether oxygens (including phenoxy) is 7. The molecule has 0 fully saturated rings. The number of nitrogens with zero attached hydrogens (tertiary/aromatic N) is 1. The third-order valence-electron chi connectivity index (χ3n) is 6.55. The summed E-state index contributed by atoms with van der Waals surface area (Å²) in [6.07, 6.45) is 0.0225. The Morgan fingerprint density at radius 1 is 0.946 bits per heavy atom. The van der Waals surface area contributed by atoms with Gasteiger partial charge in [0, 0.05) is 47.7 Å². The van der Waals surface area contributed by atoms with Crippen molar-refractivity contribution in [2.75, 3.05) is 45.7 Å². The number of anilines is 1. The Morgan fingerprint density at radius 2 is 1.70 bits per heavy atom. The summed E-state index contributed by atoms with van der Waals surface area (Å²) < 4.78 is 40.8. The first kappa shape index (κ1) is 25.2. The van der Waals surface area contributed by atoms with Crippen LogP contribution in [0.1, 0.15) is 44.5 Å². The van der Waals surface area contributed by atoms with Gasteiger partial charge in [0.15, 0.2) is 29.3 Å². The van der Waals surface area contributed by atoms with Crippen molar-refractivity contribution in [3.8, 4) is 28.7 Å². The van der Waals surface area contributed by atoms with Crippen molar-refractivity contribution in [2.45, 2.75) is 46.5 Å². The van der Waals surface area contributed by atoms with E-state index in [2.05, 4.69) is 0 Å². The Balaban J connectivity index is 1.75. The number of hydrogen-bond acceptors (Lipinski definition) is 8. The number of methoxy groups -OCH3 is 2. The third-order valence-corrected chi connectivity index (χ3v) is 6.55. The Morgan fingerprint density at radius 3 is 2.35 bits per heavy atom. The Bertz CT molecular complexity index is 1350. The lowest BCUT2D eigenvalue weighted by molar-refractivity contribution is -0.137. The molecule has 0 saturated heterocycles. The molecule has 0 spiro atoms. The summed E-state index contributed by atoms with van der Waals surface area (Å²) in [5.74, 6) is 2.60. The maximum atomic E-state index is 13.7. The van der Waals surface area contributed by atoms with Gasteiger partial charge in [-0.1, -0.05) is 0 Å². The van der Waals surface area contributed by atoms with Gasteiger partial charge in [-0.15, -0.1) is 0 Å². The summed E-state index contributed by atoms with van der Waals surface area (Å²) in [6.45, 7) is 9.30. The molecule has 3 aromatic carbocycles. The number of hydrogen-bond donors (Lipinski definition) is 0. The summed E-state index contributed by atoms with van der Waals surface area (Å²) in [6, 6.07) is 5.67. The maximum Gasteiger partial charge on any atom is 0.259 e. The number of carbonyl (C=O) groups excluding carboxylic acids is 1. The molecule has 0 unspecified atom stereocenters. The lowest BCUT2D eigenvalue weighted by Crippen LogP contribution is -2.31. The van der Waals surface area contributed by atoms with Gasteiger partial charge < -0.3 is 38.1 Å². The van der Waals surface area contributed by atoms with Crippen LogP contribution in [0.25, 0.3) is 21.5 Å². The number of amides is 1. The largest absolute Gasteiger partial charge is 0.493 e. The van der Waals surface area contributed by atoms with Crippen LogP contribution in [0, 0.1) is 0 Å². The van der Waals surface area contributed by atoms with Gasteiger partial charge in [0.05, 0.1) is 31.6 Å². The molecule has 0 bridgehead atoms. The SMILES string of the molecule is CCOC(CCN1C(=O)c2cc3c(c4c2c1cc1c(OC)c(OC(C)C)c(OC)cc14)OCO3)OCC. The highest BCUT2D eigenvalue weighted by Gasteiger charge is 2.36. The van der Waals surface area contributed by atoms with Crippen LogP contribution in [-0.4, -0.2) is 59.1 Å². The average Bonchev–Trinajstić information content (AvgIpc) is 3.45. The lowest BCUT2D eigenvalue weighted by atomic mass is 9.96. The van der Waals surface area contributed by atoms with Crippen LogP contribution >= 0.6 is 0 Å². The quantitative estimate of drug-likeness (QED) is 0.254. The molecule has 9 nitrogen and oxygen atoms in total. The van der Waals surface area contributed by atoms with E-state index in [1.54, 1.807) is 25.2 Å². The zero-order chi connectivity index (χ0) is 26.3. The predicted octanol–water partition coefficient (Wildman–Crippen LogP) is 5.28. The summed E-state index contributed by atoms with van der Waals surface area (Å²) in [4.78, 5) is 15.5. The minimum Gasteiger partial charge on any atom is -0.493 e. The summed E-state index contributed by atoms with van der Waals surface area (Å²) in [7, 11) is 3.19. The Kier molecular flexibility index (Phi) is 6.92. The molecule has 1 amide bonds. The second-order valence-electron chi connectivity index (χ2n) is 9.09. The summed E-state index contributed by atoms with van der Waals surface area (Å²) >= 11 is 0. The highest BCUT2D eigenvalue weighted by Crippen LogP contribution is 2.55. The second kappa shape index (κ2) is 10.1. The van der Waals surface area contributed by atoms with E-state index >= 15 is 0 Å². The molecule has 2 aliphatic heterocycles. The van der Waals surface area contributed by atoms with E-state index in [1.807, 2.05) is 39.8 Å². The topological polar surface area (TPSA) is 84.9 Å². The van der Waals surface area contributed by atoms with Crippen LogP contribution in [0.3, 0.4) is 0 Å². The van der Waals surface area contributed by atoms with Gasteiger partial charge in [-0.25, -0.2) is 0 Å². The Hall–Kier alpha value is -3.43. The number of fused-ring (bicyclic) bond motifs is 4. The molecular weight excluding hydrogens is 478 g/mol. The van der Waals surface area contributed by atoms with Gasteiger partial charge in [-0.3, -0.25) is 4.79 Å². The molecule has 2 heterocycles. The van der Waals surface area contributed by atoms with Gasteiger partial charge >= 0.3 is 0 Å². The van der Waals surface area contributed by atoms with E-state index in [9.17, 15) is 4.79 Å². The minimum atomic E-state index is -0.399. The normalized spacial score (nSPS) is 14.1. The molecule has 2 aliphatic rings. The highest BCUT2D eigenvalue weighted by molar-refractivity contribution is 6.32. The standard InChI is InChI=1S/C28H33NO8/c1-7-33-22(34-8-2)9-10-29-19-11-17-16(12-20(31-5)27(25(17)32-6)37-15(3)4)24-23(19)18(28(29)30)13-21-26(24)36-14-35-21/h11-13,15,22H,7-10,14H2,1-6H3. The molecule has 9 heteroatoms. The predicted molar refractivity (Wildman–Crippen MR) is 140 cm³/mol. The molecule has 0 radical (unpaired) electrons. The van der Waals surface area contributed by atoms with E-state index in [0.29, 0.717) is 60.5 Å². The van der Waals surface area contributed by atoms with Crippen molar-refractivity contribution in [3.63, 3.8) is 0 Å². The molecule has 0 N–H and O–H groups in total. The number of rotatable bonds is 11. The molecule has 0 aliphatic carbocycles. The first-order valence-electron chi connectivity index (χ1n) is 12.6. The maximum absolute atomic E-state index is 13.7. The van der Waals surface area contributed by atoms with Crippen molar-refractivity contribution < 1.29 is 38.0 Å². The van der Waals surface area contributed by atoms with Gasteiger partial charge in [0.25, 0.3) is 5.91 Å². The van der Waals surface area contributed by atoms with E-state index < -0.39 is 6.29 Å². The first-order valence-corrected chi connectivity index (χ1v) is 12.6. The number of benzene rings is 3. The fraction of sp³-hybridized carbons (Fsp3) is 0.464. The summed E-state index contributed by atoms with van der Waals surface area (Å²) in [5, 5.41) is 3.20. The van der Waals surface area contributed by atoms with E-state index in [4.69, 9.17) is 33.2 Å². The molecule has 198 valence electrons. The van der Waals surface area contributed by atoms with Gasteiger partial charge in [0.1, 0.15) is 0 Å². The van der Waals surface area contributed by atoms with E-state index in [-0.39, 0.29) is 18.8 Å². The smallest absolute Gasteiger partial charge is 0.259 e. The molecule has 0 atom stereocenters. The molecule has 0 saturated carbocycles. The monoisotopic (exact) mass is 511 g/mol. The highest BCUT2D eigenvalue weighted by atomic mass is 16.7. The third kappa shape index (κ3) is 4.16. The molecule has 0 aromatic heterocycles. The fourth-order valence-electron chi connectivity index (χ4n) is 5.14. The fourth-order valence-corrected chi connectivity index (χ4v) is 5.14. The van der Waals surface area contributed by atoms with Crippen molar-refractivity contribution in [1.29, 1.82) is 0 Å². The second-order valence-corrected chi connectivity index (χ2v) is 9.09. The van der Waals surface area contributed by atoms with Crippen LogP contribution < -0.4 is 28.6 Å². The van der Waals surface area contributed by atoms with E-state index in [0.717, 1.165) is 27.2 Å². The average molecular weight is 512 g/mol. The van der Waals surface area contributed by atoms with Gasteiger partial charge in [-0.05, 0) is 45.9 Å². The van der Waals surface area contributed by atoms with Crippen molar-refractivity contribution >= 4 is 33.1 Å². The van der Waals surface area contributed by atoms with Crippen molar-refractivity contribution in [1.82, 2.24) is 0 Å². The van der Waals surface area contributed by atoms with Crippen LogP contribution in [0.5, 0.6) is 28.7 Å². The zero-order valence-electron chi connectivity index (χ0n) is 22.1. The van der Waals surface area contributed by atoms with Crippen molar-refractivity contribution in [2.24, 2.45) is 0 Å². The molecule has 5 rings (SSSR count). The minimum absolute atomic E-state index is 0.0880. The van der Waals surface area contributed by atoms with Crippen LogP contribution in [0.2, 0.25) is 0 Å². The first-order chi connectivity index (χ1) is 17.9. The van der Waals surface area contributed by atoms with Crippen LogP contribution in [0.15, 0.2) is 18.2 Å². The molecular formula is C28H33NO8. The van der Waals surface area contributed by atoms with Crippen molar-refractivity contribution in [3.05, 3.63) is 23.8 Å². The molecule has 37 heavy (non-hydrogen) atoms. The Labute approximate surface area is 216 Å². The number of carbonyl (C=O) groups is 1. The lowest BCUT2D eigenvalue weighted by Gasteiger charge is -2.23. The van der Waals surface area contributed by atoms with Gasteiger partial charge in [0.2, 0.25) is 12.5 Å². The zero-order valence-corrected chi connectivity index (χ0v) is 22.1. The summed E-state index contributed by atoms with van der Waals surface area (Å²) in [5.41, 5.74) is 1.34. The van der Waals surface area contributed by atoms with E-state index in [1.165, 1.54) is 0 Å². The van der Waals surface area contributed by atoms with Crippen LogP contribution in [-0.2, 0) is 9.47 Å². The van der Waals surface area contributed by atoms with Crippen LogP contribution in [0.4, 0.5) is 5.69 Å². The van der Waals surface area contributed by atoms with Gasteiger partial charge in [-0.2, -0.15) is 0 Å². The molecule has 3 aromatic rings.